The molecule has 0 spiro atoms. The standard InChI is InChI=1S/C15H28N2S/c1-3-16-11-6-4-5-7-12-17(2)13-10-15-9-8-14-18-15/h8-9,14,16H,3-7,10-13H2,1-2H3. The van der Waals surface area contributed by atoms with Gasteiger partial charge in [0.2, 0.25) is 0 Å². The largest absolute Gasteiger partial charge is 0.317 e. The minimum Gasteiger partial charge on any atom is -0.317 e. The van der Waals surface area contributed by atoms with Crippen LogP contribution in [0.15, 0.2) is 17.5 Å². The van der Waals surface area contributed by atoms with Gasteiger partial charge in [0.05, 0.1) is 0 Å². The summed E-state index contributed by atoms with van der Waals surface area (Å²) in [5.74, 6) is 0. The van der Waals surface area contributed by atoms with Gasteiger partial charge in [0.1, 0.15) is 0 Å². The fraction of sp³-hybridized carbons (Fsp3) is 0.733. The molecular formula is C15H28N2S. The molecule has 0 amide bonds. The molecule has 0 fully saturated rings. The van der Waals surface area contributed by atoms with Crippen LogP contribution in [0.5, 0.6) is 0 Å². The average Bonchev–Trinajstić information content (AvgIpc) is 2.88. The molecule has 3 heteroatoms. The molecule has 1 heterocycles. The summed E-state index contributed by atoms with van der Waals surface area (Å²) in [6.45, 7) is 6.89. The lowest BCUT2D eigenvalue weighted by Crippen LogP contribution is -2.22. The molecule has 0 aliphatic rings. The number of unbranched alkanes of at least 4 members (excludes halogenated alkanes) is 3. The molecule has 0 saturated heterocycles. The van der Waals surface area contributed by atoms with Crippen molar-refractivity contribution in [3.05, 3.63) is 22.4 Å². The Morgan fingerprint density at radius 1 is 1.17 bits per heavy atom. The fourth-order valence-electron chi connectivity index (χ4n) is 2.03. The Kier molecular flexibility index (Phi) is 9.17. The topological polar surface area (TPSA) is 15.3 Å². The minimum atomic E-state index is 1.10. The third-order valence-electron chi connectivity index (χ3n) is 3.21. The summed E-state index contributed by atoms with van der Waals surface area (Å²) in [6, 6.07) is 4.38. The summed E-state index contributed by atoms with van der Waals surface area (Å²) >= 11 is 1.87. The lowest BCUT2D eigenvalue weighted by atomic mass is 10.2. The van der Waals surface area contributed by atoms with Gasteiger partial charge in [-0.1, -0.05) is 25.8 Å². The van der Waals surface area contributed by atoms with Crippen LogP contribution in [0.25, 0.3) is 0 Å². The smallest absolute Gasteiger partial charge is 0.00579 e. The summed E-state index contributed by atoms with van der Waals surface area (Å²) in [7, 11) is 2.24. The molecule has 0 radical (unpaired) electrons. The fourth-order valence-corrected chi connectivity index (χ4v) is 2.73. The van der Waals surface area contributed by atoms with Crippen LogP contribution in [0.2, 0.25) is 0 Å². The molecular weight excluding hydrogens is 240 g/mol. The highest BCUT2D eigenvalue weighted by Crippen LogP contribution is 2.09. The number of nitrogens with one attached hydrogen (secondary N) is 1. The highest BCUT2D eigenvalue weighted by atomic mass is 32.1. The number of rotatable bonds is 11. The maximum Gasteiger partial charge on any atom is 0.00579 e. The Bertz CT molecular complexity index is 272. The molecule has 0 unspecified atom stereocenters. The van der Waals surface area contributed by atoms with Crippen molar-refractivity contribution < 1.29 is 0 Å². The molecule has 1 aromatic rings. The van der Waals surface area contributed by atoms with Gasteiger partial charge in [-0.15, -0.1) is 11.3 Å². The third-order valence-corrected chi connectivity index (χ3v) is 4.15. The lowest BCUT2D eigenvalue weighted by Gasteiger charge is -2.15. The first-order valence-electron chi connectivity index (χ1n) is 7.24. The second kappa shape index (κ2) is 10.5. The van der Waals surface area contributed by atoms with Gasteiger partial charge in [-0.05, 0) is 57.4 Å². The summed E-state index contributed by atoms with van der Waals surface area (Å²) in [6.07, 6.45) is 6.61. The minimum absolute atomic E-state index is 1.10. The Labute approximate surface area is 116 Å². The first kappa shape index (κ1) is 15.7. The molecule has 1 N–H and O–H groups in total. The number of thiophene rings is 1. The van der Waals surface area contributed by atoms with E-state index in [0.29, 0.717) is 0 Å². The quantitative estimate of drug-likeness (QED) is 0.619. The monoisotopic (exact) mass is 268 g/mol. The Balaban J connectivity index is 1.89. The molecule has 1 aromatic heterocycles. The number of nitrogens with zero attached hydrogens (tertiary/aromatic N) is 1. The lowest BCUT2D eigenvalue weighted by molar-refractivity contribution is 0.328. The van der Waals surface area contributed by atoms with Crippen LogP contribution in [0.1, 0.15) is 37.5 Å². The van der Waals surface area contributed by atoms with Gasteiger partial charge in [-0.2, -0.15) is 0 Å². The number of hydrogen-bond acceptors (Lipinski definition) is 3. The van der Waals surface area contributed by atoms with E-state index in [1.807, 2.05) is 11.3 Å². The van der Waals surface area contributed by atoms with E-state index < -0.39 is 0 Å². The van der Waals surface area contributed by atoms with Gasteiger partial charge in [0.25, 0.3) is 0 Å². The Morgan fingerprint density at radius 2 is 2.00 bits per heavy atom. The highest BCUT2D eigenvalue weighted by molar-refractivity contribution is 7.09. The van der Waals surface area contributed by atoms with E-state index in [2.05, 4.69) is 41.7 Å². The zero-order chi connectivity index (χ0) is 13.1. The van der Waals surface area contributed by atoms with E-state index in [9.17, 15) is 0 Å². The van der Waals surface area contributed by atoms with Gasteiger partial charge >= 0.3 is 0 Å². The zero-order valence-electron chi connectivity index (χ0n) is 12.0. The van der Waals surface area contributed by atoms with Crippen LogP contribution in [0.3, 0.4) is 0 Å². The molecule has 0 saturated carbocycles. The molecule has 2 nitrogen and oxygen atoms in total. The predicted molar refractivity (Wildman–Crippen MR) is 82.5 cm³/mol. The average molecular weight is 268 g/mol. The van der Waals surface area contributed by atoms with Crippen LogP contribution in [-0.4, -0.2) is 38.1 Å². The maximum atomic E-state index is 3.37. The highest BCUT2D eigenvalue weighted by Gasteiger charge is 2.00. The number of hydrogen-bond donors (Lipinski definition) is 1. The van der Waals surface area contributed by atoms with Crippen LogP contribution in [0, 0.1) is 0 Å². The molecule has 0 aliphatic carbocycles. The van der Waals surface area contributed by atoms with Crippen molar-refractivity contribution in [2.75, 3.05) is 33.2 Å². The maximum absolute atomic E-state index is 3.37. The van der Waals surface area contributed by atoms with E-state index in [4.69, 9.17) is 0 Å². The molecule has 0 bridgehead atoms. The van der Waals surface area contributed by atoms with E-state index in [1.165, 1.54) is 56.6 Å². The summed E-state index contributed by atoms with van der Waals surface area (Å²) in [5.41, 5.74) is 0. The van der Waals surface area contributed by atoms with Crippen molar-refractivity contribution >= 4 is 11.3 Å². The van der Waals surface area contributed by atoms with Crippen molar-refractivity contribution in [1.82, 2.24) is 10.2 Å². The van der Waals surface area contributed by atoms with Crippen LogP contribution in [-0.2, 0) is 6.42 Å². The molecule has 1 rings (SSSR count). The summed E-state index contributed by atoms with van der Waals surface area (Å²) < 4.78 is 0. The first-order chi connectivity index (χ1) is 8.83. The third kappa shape index (κ3) is 7.85. The van der Waals surface area contributed by atoms with Crippen LogP contribution < -0.4 is 5.32 Å². The molecule has 0 atom stereocenters. The molecule has 18 heavy (non-hydrogen) atoms. The SMILES string of the molecule is CCNCCCCCCN(C)CCc1cccs1. The van der Waals surface area contributed by atoms with Gasteiger partial charge in [-0.3, -0.25) is 0 Å². The van der Waals surface area contributed by atoms with Crippen molar-refractivity contribution in [1.29, 1.82) is 0 Å². The van der Waals surface area contributed by atoms with E-state index in [-0.39, 0.29) is 0 Å². The van der Waals surface area contributed by atoms with E-state index >= 15 is 0 Å². The van der Waals surface area contributed by atoms with Crippen LogP contribution >= 0.6 is 11.3 Å². The first-order valence-corrected chi connectivity index (χ1v) is 8.12. The van der Waals surface area contributed by atoms with Crippen LogP contribution in [0.4, 0.5) is 0 Å². The molecule has 104 valence electrons. The summed E-state index contributed by atoms with van der Waals surface area (Å²) in [4.78, 5) is 3.97. The zero-order valence-corrected chi connectivity index (χ0v) is 12.8. The second-order valence-corrected chi connectivity index (χ2v) is 5.93. The normalized spacial score (nSPS) is 11.3. The Hall–Kier alpha value is -0.380. The van der Waals surface area contributed by atoms with E-state index in [0.717, 1.165) is 6.54 Å². The number of likely N-dealkylation sites (N-methyl/N-ethyl adjacent to an activating group) is 1. The van der Waals surface area contributed by atoms with Crippen molar-refractivity contribution in [3.63, 3.8) is 0 Å². The molecule has 0 aliphatic heterocycles. The second-order valence-electron chi connectivity index (χ2n) is 4.90. The van der Waals surface area contributed by atoms with Crippen molar-refractivity contribution in [2.24, 2.45) is 0 Å². The van der Waals surface area contributed by atoms with E-state index in [1.54, 1.807) is 0 Å². The molecule has 0 aromatic carbocycles. The Morgan fingerprint density at radius 3 is 2.72 bits per heavy atom. The van der Waals surface area contributed by atoms with Crippen molar-refractivity contribution in [2.45, 2.75) is 39.0 Å². The van der Waals surface area contributed by atoms with Gasteiger partial charge in [0, 0.05) is 11.4 Å². The van der Waals surface area contributed by atoms with Gasteiger partial charge in [-0.25, -0.2) is 0 Å². The van der Waals surface area contributed by atoms with Gasteiger partial charge in [0.15, 0.2) is 0 Å². The van der Waals surface area contributed by atoms with Gasteiger partial charge < -0.3 is 10.2 Å². The van der Waals surface area contributed by atoms with Crippen molar-refractivity contribution in [3.8, 4) is 0 Å². The summed E-state index contributed by atoms with van der Waals surface area (Å²) in [5, 5.41) is 5.54. The predicted octanol–water partition coefficient (Wildman–Crippen LogP) is 3.39.